The van der Waals surface area contributed by atoms with Gasteiger partial charge in [0.25, 0.3) is 0 Å². The maximum absolute atomic E-state index is 9.32. The topological polar surface area (TPSA) is 58.3 Å². The van der Waals surface area contributed by atoms with Crippen LogP contribution in [0.2, 0.25) is 0 Å². The second-order valence-electron chi connectivity index (χ2n) is 3.72. The molecule has 3 unspecified atom stereocenters. The summed E-state index contributed by atoms with van der Waals surface area (Å²) in [5.74, 6) is 0. The third-order valence-electron chi connectivity index (χ3n) is 2.15. The fraction of sp³-hybridized carbons (Fsp3) is 1.00. The van der Waals surface area contributed by atoms with Gasteiger partial charge in [-0.05, 0) is 12.8 Å². The molecule has 1 saturated carbocycles. The summed E-state index contributed by atoms with van der Waals surface area (Å²) >= 11 is 0. The minimum absolute atomic E-state index is 0.0220. The minimum Gasteiger partial charge on any atom is -0.391 e. The van der Waals surface area contributed by atoms with E-state index in [0.29, 0.717) is 12.1 Å². The zero-order valence-corrected chi connectivity index (χ0v) is 7.25. The van der Waals surface area contributed by atoms with Gasteiger partial charge in [-0.25, -0.2) is 0 Å². The lowest BCUT2D eigenvalue weighted by Crippen LogP contribution is -2.33. The fourth-order valence-corrected chi connectivity index (χ4v) is 1.66. The van der Waals surface area contributed by atoms with Gasteiger partial charge in [0.15, 0.2) is 0 Å². The van der Waals surface area contributed by atoms with Gasteiger partial charge in [-0.15, -0.1) is 0 Å². The van der Waals surface area contributed by atoms with Gasteiger partial charge in [-0.3, -0.25) is 0 Å². The first-order valence-corrected chi connectivity index (χ1v) is 4.29. The molecule has 66 valence electrons. The highest BCUT2D eigenvalue weighted by Crippen LogP contribution is 2.18. The molecule has 3 nitrogen and oxygen atoms in total. The van der Waals surface area contributed by atoms with Gasteiger partial charge in [0.2, 0.25) is 0 Å². The summed E-state index contributed by atoms with van der Waals surface area (Å²) in [5, 5.41) is 12.7. The van der Waals surface area contributed by atoms with Crippen molar-refractivity contribution >= 4 is 0 Å². The third-order valence-corrected chi connectivity index (χ3v) is 2.15. The van der Waals surface area contributed by atoms with Crippen molar-refractivity contribution in [2.24, 2.45) is 5.73 Å². The Morgan fingerprint density at radius 2 is 2.09 bits per heavy atom. The van der Waals surface area contributed by atoms with Crippen LogP contribution in [-0.2, 0) is 0 Å². The summed E-state index contributed by atoms with van der Waals surface area (Å²) in [5.41, 5.74) is 5.65. The van der Waals surface area contributed by atoms with Crippen LogP contribution in [-0.4, -0.2) is 29.3 Å². The van der Waals surface area contributed by atoms with E-state index in [1.54, 1.807) is 0 Å². The monoisotopic (exact) mass is 158 g/mol. The van der Waals surface area contributed by atoms with E-state index in [4.69, 9.17) is 5.73 Å². The summed E-state index contributed by atoms with van der Waals surface area (Å²) in [7, 11) is 0. The first-order chi connectivity index (χ1) is 5.09. The fourth-order valence-electron chi connectivity index (χ4n) is 1.66. The van der Waals surface area contributed by atoms with Gasteiger partial charge < -0.3 is 16.2 Å². The molecule has 3 heteroatoms. The average molecular weight is 158 g/mol. The smallest absolute Gasteiger partial charge is 0.0706 e. The van der Waals surface area contributed by atoms with E-state index < -0.39 is 0 Å². The molecule has 4 N–H and O–H groups in total. The highest BCUT2D eigenvalue weighted by Gasteiger charge is 2.29. The molecular weight excluding hydrogens is 140 g/mol. The lowest BCUT2D eigenvalue weighted by atomic mass is 10.2. The molecule has 0 saturated heterocycles. The molecule has 1 aliphatic carbocycles. The maximum Gasteiger partial charge on any atom is 0.0706 e. The second-order valence-corrected chi connectivity index (χ2v) is 3.72. The molecule has 1 rings (SSSR count). The Hall–Kier alpha value is -0.120. The number of rotatable bonds is 2. The molecule has 0 radical (unpaired) electrons. The van der Waals surface area contributed by atoms with Crippen LogP contribution in [0.4, 0.5) is 0 Å². The van der Waals surface area contributed by atoms with Gasteiger partial charge >= 0.3 is 0 Å². The molecule has 0 aromatic carbocycles. The molecular formula is C8H18N2O. The van der Waals surface area contributed by atoms with Crippen LogP contribution in [0.15, 0.2) is 0 Å². The molecule has 11 heavy (non-hydrogen) atoms. The Labute approximate surface area is 68.0 Å². The molecule has 0 heterocycles. The lowest BCUT2D eigenvalue weighted by molar-refractivity contribution is 0.162. The number of hydrogen-bond donors (Lipinski definition) is 3. The Kier molecular flexibility index (Phi) is 2.87. The van der Waals surface area contributed by atoms with Gasteiger partial charge in [-0.1, -0.05) is 13.8 Å². The summed E-state index contributed by atoms with van der Waals surface area (Å²) in [4.78, 5) is 0. The van der Waals surface area contributed by atoms with Crippen LogP contribution in [0.5, 0.6) is 0 Å². The predicted molar refractivity (Wildman–Crippen MR) is 45.3 cm³/mol. The lowest BCUT2D eigenvalue weighted by Gasteiger charge is -2.14. The number of nitrogens with one attached hydrogen (secondary N) is 1. The molecule has 1 aliphatic rings. The van der Waals surface area contributed by atoms with E-state index in [-0.39, 0.29) is 12.1 Å². The van der Waals surface area contributed by atoms with E-state index in [1.165, 1.54) is 0 Å². The van der Waals surface area contributed by atoms with Crippen LogP contribution in [0.3, 0.4) is 0 Å². The quantitative estimate of drug-likeness (QED) is 0.523. The highest BCUT2D eigenvalue weighted by atomic mass is 16.3. The maximum atomic E-state index is 9.32. The number of aliphatic hydroxyl groups is 1. The molecule has 1 fully saturated rings. The third kappa shape index (κ3) is 2.43. The highest BCUT2D eigenvalue weighted by molar-refractivity contribution is 4.90. The first-order valence-electron chi connectivity index (χ1n) is 4.29. The van der Waals surface area contributed by atoms with Crippen LogP contribution in [0.25, 0.3) is 0 Å². The zero-order valence-electron chi connectivity index (χ0n) is 7.25. The molecule has 0 spiro atoms. The standard InChI is InChI=1S/C8H18N2O/c1-5(2)10-6-3-7(9)8(11)4-6/h5-8,10-11H,3-4,9H2,1-2H3. The first kappa shape index (κ1) is 8.97. The Balaban J connectivity index is 2.29. The van der Waals surface area contributed by atoms with Crippen molar-refractivity contribution in [2.75, 3.05) is 0 Å². The van der Waals surface area contributed by atoms with Gasteiger partial charge in [0.05, 0.1) is 6.10 Å². The summed E-state index contributed by atoms with van der Waals surface area (Å²) in [6.07, 6.45) is 1.41. The normalized spacial score (nSPS) is 38.5. The van der Waals surface area contributed by atoms with Crippen molar-refractivity contribution in [2.45, 2.75) is 50.9 Å². The molecule has 0 aromatic heterocycles. The minimum atomic E-state index is -0.300. The SMILES string of the molecule is CC(C)NC1CC(N)C(O)C1. The van der Waals surface area contributed by atoms with Crippen molar-refractivity contribution in [3.05, 3.63) is 0 Å². The van der Waals surface area contributed by atoms with Crippen molar-refractivity contribution < 1.29 is 5.11 Å². The van der Waals surface area contributed by atoms with Crippen molar-refractivity contribution in [1.29, 1.82) is 0 Å². The van der Waals surface area contributed by atoms with E-state index >= 15 is 0 Å². The van der Waals surface area contributed by atoms with Crippen molar-refractivity contribution in [1.82, 2.24) is 5.32 Å². The summed E-state index contributed by atoms with van der Waals surface area (Å²) < 4.78 is 0. The molecule has 3 atom stereocenters. The Bertz CT molecular complexity index is 115. The summed E-state index contributed by atoms with van der Waals surface area (Å²) in [6.45, 7) is 4.21. The Morgan fingerprint density at radius 1 is 1.45 bits per heavy atom. The predicted octanol–water partition coefficient (Wildman–Crippen LogP) is -0.165. The summed E-state index contributed by atoms with van der Waals surface area (Å²) in [6, 6.07) is 0.878. The molecule has 0 aromatic rings. The van der Waals surface area contributed by atoms with Gasteiger partial charge in [-0.2, -0.15) is 0 Å². The molecule has 0 bridgehead atoms. The average Bonchev–Trinajstić information content (AvgIpc) is 2.10. The largest absolute Gasteiger partial charge is 0.391 e. The number of hydrogen-bond acceptors (Lipinski definition) is 3. The van der Waals surface area contributed by atoms with E-state index in [9.17, 15) is 5.11 Å². The van der Waals surface area contributed by atoms with E-state index in [1.807, 2.05) is 0 Å². The molecule has 0 amide bonds. The van der Waals surface area contributed by atoms with Crippen LogP contribution in [0.1, 0.15) is 26.7 Å². The van der Waals surface area contributed by atoms with Crippen LogP contribution < -0.4 is 11.1 Å². The number of nitrogens with two attached hydrogens (primary N) is 1. The molecule has 0 aliphatic heterocycles. The Morgan fingerprint density at radius 3 is 2.45 bits per heavy atom. The van der Waals surface area contributed by atoms with E-state index in [2.05, 4.69) is 19.2 Å². The number of aliphatic hydroxyl groups excluding tert-OH is 1. The van der Waals surface area contributed by atoms with Gasteiger partial charge in [0.1, 0.15) is 0 Å². The van der Waals surface area contributed by atoms with Crippen LogP contribution in [0, 0.1) is 0 Å². The zero-order chi connectivity index (χ0) is 8.43. The van der Waals surface area contributed by atoms with Crippen molar-refractivity contribution in [3.63, 3.8) is 0 Å². The second kappa shape index (κ2) is 3.52. The van der Waals surface area contributed by atoms with E-state index in [0.717, 1.165) is 12.8 Å². The van der Waals surface area contributed by atoms with Crippen LogP contribution >= 0.6 is 0 Å². The van der Waals surface area contributed by atoms with Crippen molar-refractivity contribution in [3.8, 4) is 0 Å². The van der Waals surface area contributed by atoms with Gasteiger partial charge in [0, 0.05) is 18.1 Å².